The van der Waals surface area contributed by atoms with Gasteiger partial charge in [-0.25, -0.2) is 4.98 Å². The topological polar surface area (TPSA) is 84.7 Å². The fraction of sp³-hybridized carbons (Fsp3) is 0.455. The SMILES string of the molecule is CCOC(=O)C1CCCN(C(=O)CN(C)C(=O)c2ccc(-n3ccnc3SC)cc2)C1. The minimum absolute atomic E-state index is 0.0335. The van der Waals surface area contributed by atoms with Crippen LogP contribution in [0.5, 0.6) is 0 Å². The molecule has 0 spiro atoms. The van der Waals surface area contributed by atoms with E-state index < -0.39 is 0 Å². The average molecular weight is 445 g/mol. The molecule has 0 aliphatic carbocycles. The van der Waals surface area contributed by atoms with Crippen molar-refractivity contribution in [3.63, 3.8) is 0 Å². The summed E-state index contributed by atoms with van der Waals surface area (Å²) in [4.78, 5) is 44.9. The molecular weight excluding hydrogens is 416 g/mol. The van der Waals surface area contributed by atoms with E-state index in [0.717, 1.165) is 23.7 Å². The molecule has 1 aromatic carbocycles. The summed E-state index contributed by atoms with van der Waals surface area (Å²) in [5, 5.41) is 0.865. The van der Waals surface area contributed by atoms with Crippen LogP contribution in [0.3, 0.4) is 0 Å². The van der Waals surface area contributed by atoms with Crippen LogP contribution < -0.4 is 0 Å². The van der Waals surface area contributed by atoms with Crippen molar-refractivity contribution in [2.75, 3.05) is 39.5 Å². The maximum atomic E-state index is 12.8. The Labute approximate surface area is 186 Å². The fourth-order valence-electron chi connectivity index (χ4n) is 3.65. The summed E-state index contributed by atoms with van der Waals surface area (Å²) in [6, 6.07) is 7.22. The van der Waals surface area contributed by atoms with Crippen molar-refractivity contribution in [2.24, 2.45) is 5.92 Å². The number of thioether (sulfide) groups is 1. The third-order valence-corrected chi connectivity index (χ3v) is 5.96. The van der Waals surface area contributed by atoms with Crippen LogP contribution in [0.15, 0.2) is 41.8 Å². The van der Waals surface area contributed by atoms with Crippen LogP contribution in [0.1, 0.15) is 30.1 Å². The Morgan fingerprint density at radius 1 is 1.26 bits per heavy atom. The predicted molar refractivity (Wildman–Crippen MR) is 118 cm³/mol. The van der Waals surface area contributed by atoms with Gasteiger partial charge in [-0.15, -0.1) is 0 Å². The zero-order valence-electron chi connectivity index (χ0n) is 18.1. The number of hydrogen-bond donors (Lipinski definition) is 0. The number of carbonyl (C=O) groups is 3. The summed E-state index contributed by atoms with van der Waals surface area (Å²) >= 11 is 1.54. The van der Waals surface area contributed by atoms with Crippen molar-refractivity contribution in [3.05, 3.63) is 42.2 Å². The molecule has 2 amide bonds. The molecule has 8 nitrogen and oxygen atoms in total. The van der Waals surface area contributed by atoms with Gasteiger partial charge in [-0.05, 0) is 50.3 Å². The largest absolute Gasteiger partial charge is 0.466 e. The van der Waals surface area contributed by atoms with Crippen molar-refractivity contribution in [1.29, 1.82) is 0 Å². The second-order valence-corrected chi connectivity index (χ2v) is 8.20. The van der Waals surface area contributed by atoms with Gasteiger partial charge in [-0.3, -0.25) is 19.0 Å². The smallest absolute Gasteiger partial charge is 0.310 e. The maximum absolute atomic E-state index is 12.8. The van der Waals surface area contributed by atoms with Crippen molar-refractivity contribution in [3.8, 4) is 5.69 Å². The van der Waals surface area contributed by atoms with E-state index in [9.17, 15) is 14.4 Å². The lowest BCUT2D eigenvalue weighted by Gasteiger charge is -2.32. The first kappa shape index (κ1) is 22.9. The molecule has 0 saturated carbocycles. The van der Waals surface area contributed by atoms with Gasteiger partial charge < -0.3 is 14.5 Å². The number of aromatic nitrogens is 2. The van der Waals surface area contributed by atoms with Gasteiger partial charge in [0.05, 0.1) is 19.1 Å². The lowest BCUT2D eigenvalue weighted by atomic mass is 9.98. The third kappa shape index (κ3) is 5.46. The van der Waals surface area contributed by atoms with Crippen LogP contribution in [0, 0.1) is 5.92 Å². The van der Waals surface area contributed by atoms with Gasteiger partial charge in [0.1, 0.15) is 0 Å². The highest BCUT2D eigenvalue weighted by Gasteiger charge is 2.30. The first-order chi connectivity index (χ1) is 14.9. The molecule has 166 valence electrons. The lowest BCUT2D eigenvalue weighted by molar-refractivity contribution is -0.151. The van der Waals surface area contributed by atoms with Gasteiger partial charge in [0.2, 0.25) is 5.91 Å². The minimum Gasteiger partial charge on any atom is -0.466 e. The Balaban J connectivity index is 1.59. The summed E-state index contributed by atoms with van der Waals surface area (Å²) in [5.74, 6) is -0.938. The number of ether oxygens (including phenoxy) is 1. The molecule has 1 unspecified atom stereocenters. The predicted octanol–water partition coefficient (Wildman–Crippen LogP) is 2.47. The number of rotatable bonds is 7. The number of hydrogen-bond acceptors (Lipinski definition) is 6. The number of amides is 2. The van der Waals surface area contributed by atoms with E-state index in [1.165, 1.54) is 4.90 Å². The van der Waals surface area contributed by atoms with Crippen molar-refractivity contribution < 1.29 is 19.1 Å². The molecule has 2 aromatic rings. The van der Waals surface area contributed by atoms with Crippen LogP contribution in [0.25, 0.3) is 5.69 Å². The number of likely N-dealkylation sites (tertiary alicyclic amines) is 1. The Bertz CT molecular complexity index is 928. The monoisotopic (exact) mass is 444 g/mol. The molecule has 1 aliphatic heterocycles. The molecule has 9 heteroatoms. The number of nitrogens with zero attached hydrogens (tertiary/aromatic N) is 4. The van der Waals surface area contributed by atoms with E-state index >= 15 is 0 Å². The summed E-state index contributed by atoms with van der Waals surface area (Å²) in [7, 11) is 1.61. The number of imidazole rings is 1. The highest BCUT2D eigenvalue weighted by Crippen LogP contribution is 2.20. The van der Waals surface area contributed by atoms with Crippen LogP contribution >= 0.6 is 11.8 Å². The molecule has 31 heavy (non-hydrogen) atoms. The van der Waals surface area contributed by atoms with E-state index in [-0.39, 0.29) is 30.2 Å². The van der Waals surface area contributed by atoms with E-state index in [2.05, 4.69) is 4.98 Å². The number of likely N-dealkylation sites (N-methyl/N-ethyl adjacent to an activating group) is 1. The van der Waals surface area contributed by atoms with Crippen molar-refractivity contribution >= 4 is 29.5 Å². The van der Waals surface area contributed by atoms with Gasteiger partial charge in [0, 0.05) is 43.8 Å². The standard InChI is InChI=1S/C22H28N4O4S/c1-4-30-21(29)17-6-5-12-25(14-17)19(27)15-24(2)20(28)16-7-9-18(10-8-16)26-13-11-23-22(26)31-3/h7-11,13,17H,4-6,12,14-15H2,1-3H3. The molecule has 1 saturated heterocycles. The lowest BCUT2D eigenvalue weighted by Crippen LogP contribution is -2.47. The first-order valence-electron chi connectivity index (χ1n) is 10.3. The minimum atomic E-state index is -0.291. The van der Waals surface area contributed by atoms with Gasteiger partial charge in [0.25, 0.3) is 5.91 Å². The second kappa shape index (κ2) is 10.5. The summed E-state index contributed by atoms with van der Waals surface area (Å²) in [5.41, 5.74) is 1.42. The number of benzene rings is 1. The van der Waals surface area contributed by atoms with Gasteiger partial charge in [-0.1, -0.05) is 11.8 Å². The highest BCUT2D eigenvalue weighted by molar-refractivity contribution is 7.98. The van der Waals surface area contributed by atoms with E-state index in [0.29, 0.717) is 25.3 Å². The molecule has 1 fully saturated rings. The summed E-state index contributed by atoms with van der Waals surface area (Å²) < 4.78 is 7.04. The molecule has 0 radical (unpaired) electrons. The number of piperidine rings is 1. The Morgan fingerprint density at radius 3 is 2.68 bits per heavy atom. The Kier molecular flexibility index (Phi) is 7.73. The van der Waals surface area contributed by atoms with E-state index in [1.807, 2.05) is 29.2 Å². The molecule has 0 N–H and O–H groups in total. The van der Waals surface area contributed by atoms with E-state index in [4.69, 9.17) is 4.74 Å². The van der Waals surface area contributed by atoms with Gasteiger partial charge in [-0.2, -0.15) is 0 Å². The normalized spacial score (nSPS) is 16.1. The zero-order valence-corrected chi connectivity index (χ0v) is 18.9. The molecule has 0 bridgehead atoms. The molecular formula is C22H28N4O4S. The summed E-state index contributed by atoms with van der Waals surface area (Å²) in [6.45, 7) is 3.01. The average Bonchev–Trinajstić information content (AvgIpc) is 3.28. The van der Waals surface area contributed by atoms with Crippen LogP contribution in [0.2, 0.25) is 0 Å². The quantitative estimate of drug-likeness (QED) is 0.482. The van der Waals surface area contributed by atoms with Gasteiger partial charge in [0.15, 0.2) is 5.16 Å². The van der Waals surface area contributed by atoms with Crippen molar-refractivity contribution in [2.45, 2.75) is 24.9 Å². The van der Waals surface area contributed by atoms with E-state index in [1.54, 1.807) is 49.0 Å². The number of esters is 1. The van der Waals surface area contributed by atoms with Crippen LogP contribution in [-0.4, -0.2) is 76.7 Å². The summed E-state index contributed by atoms with van der Waals surface area (Å²) in [6.07, 6.45) is 7.03. The third-order valence-electron chi connectivity index (χ3n) is 5.29. The molecule has 1 aromatic heterocycles. The molecule has 1 atom stereocenters. The van der Waals surface area contributed by atoms with Crippen LogP contribution in [0.4, 0.5) is 0 Å². The molecule has 1 aliphatic rings. The highest BCUT2D eigenvalue weighted by atomic mass is 32.2. The Hall–Kier alpha value is -2.81. The van der Waals surface area contributed by atoms with Crippen LogP contribution in [-0.2, 0) is 14.3 Å². The Morgan fingerprint density at radius 2 is 2.00 bits per heavy atom. The molecule has 3 rings (SSSR count). The zero-order chi connectivity index (χ0) is 22.4. The first-order valence-corrected chi connectivity index (χ1v) is 11.5. The fourth-order valence-corrected chi connectivity index (χ4v) is 4.18. The maximum Gasteiger partial charge on any atom is 0.310 e. The van der Waals surface area contributed by atoms with Crippen molar-refractivity contribution in [1.82, 2.24) is 19.4 Å². The molecule has 2 heterocycles. The number of carbonyl (C=O) groups excluding carboxylic acids is 3. The second-order valence-electron chi connectivity index (χ2n) is 7.42. The van der Waals surface area contributed by atoms with Gasteiger partial charge >= 0.3 is 5.97 Å².